The molecule has 0 saturated heterocycles. The van der Waals surface area contributed by atoms with Crippen molar-refractivity contribution in [1.29, 1.82) is 0 Å². The minimum Gasteiger partial charge on any atom is -1.00 e. The van der Waals surface area contributed by atoms with Crippen LogP contribution in [0.25, 0.3) is 0 Å². The monoisotopic (exact) mass is 799 g/mol. The number of unbranched alkanes of at least 4 members (excludes halogenated alkanes) is 6. The molecule has 0 aliphatic carbocycles. The Hall–Kier alpha value is -1.69. The van der Waals surface area contributed by atoms with Crippen molar-refractivity contribution in [3.05, 3.63) is 86.7 Å². The molecule has 0 amide bonds. The van der Waals surface area contributed by atoms with Crippen LogP contribution in [0.1, 0.15) is 169 Å². The van der Waals surface area contributed by atoms with Gasteiger partial charge in [0.1, 0.15) is 0 Å². The van der Waals surface area contributed by atoms with E-state index in [1.807, 2.05) is 12.4 Å². The molecule has 3 aromatic rings. The van der Waals surface area contributed by atoms with Gasteiger partial charge in [-0.05, 0) is 135 Å². The average molecular weight is 801 g/mol. The number of aliphatic imine (C=N–C) groups is 2. The van der Waals surface area contributed by atoms with Crippen molar-refractivity contribution in [1.82, 2.24) is 4.98 Å². The Bertz CT molecular complexity index is 1280. The van der Waals surface area contributed by atoms with E-state index in [1.54, 1.807) is 0 Å². The first-order valence-corrected chi connectivity index (χ1v) is 19.3. The summed E-state index contributed by atoms with van der Waals surface area (Å²) in [5.41, 5.74) is 13.9. The average Bonchev–Trinajstić information content (AvgIpc) is 3.07. The second-order valence-electron chi connectivity index (χ2n) is 13.7. The first-order chi connectivity index (χ1) is 23.0. The van der Waals surface area contributed by atoms with Crippen LogP contribution >= 0.6 is 0 Å². The Morgan fingerprint density at radius 3 is 1.00 bits per heavy atom. The molecule has 0 atom stereocenters. The van der Waals surface area contributed by atoms with Gasteiger partial charge >= 0.3 is 16.8 Å². The summed E-state index contributed by atoms with van der Waals surface area (Å²) in [7, 11) is 0. The molecule has 0 fully saturated rings. The number of halogens is 3. The topological polar surface area (TPSA) is 37.6 Å². The van der Waals surface area contributed by atoms with E-state index in [0.29, 0.717) is 0 Å². The molecule has 7 heteroatoms. The third-order valence-electron chi connectivity index (χ3n) is 9.15. The Morgan fingerprint density at radius 1 is 0.451 bits per heavy atom. The molecule has 0 bridgehead atoms. The Balaban J connectivity index is 0. The van der Waals surface area contributed by atoms with Crippen molar-refractivity contribution in [2.24, 2.45) is 9.98 Å². The van der Waals surface area contributed by atoms with Gasteiger partial charge in [-0.2, -0.15) is 0 Å². The SMILES string of the molecule is CCCCc1cc(CCCC)c(N=Cc2cc(C)cc(C=Nc3c(CCCC)cc(CCCC)cc3CCCC)n2)c(CCCC)c1.[Cl-].[Cl-].[Cl-].[Co+3]. The van der Waals surface area contributed by atoms with Gasteiger partial charge < -0.3 is 37.2 Å². The zero-order valence-electron chi connectivity index (χ0n) is 32.7. The first kappa shape index (κ1) is 51.4. The minimum atomic E-state index is 0. The number of aryl methyl sites for hydroxylation is 7. The first-order valence-electron chi connectivity index (χ1n) is 19.3. The van der Waals surface area contributed by atoms with Gasteiger partial charge in [0.25, 0.3) is 0 Å². The predicted molar refractivity (Wildman–Crippen MR) is 208 cm³/mol. The molecule has 0 aliphatic rings. The molecule has 0 unspecified atom stereocenters. The fourth-order valence-corrected chi connectivity index (χ4v) is 6.39. The molecule has 0 spiro atoms. The number of aromatic nitrogens is 1. The normalized spacial score (nSPS) is 10.9. The van der Waals surface area contributed by atoms with E-state index >= 15 is 0 Å². The van der Waals surface area contributed by atoms with E-state index in [9.17, 15) is 0 Å². The van der Waals surface area contributed by atoms with Crippen LogP contribution in [0.3, 0.4) is 0 Å². The quantitative estimate of drug-likeness (QED) is 0.142. The van der Waals surface area contributed by atoms with E-state index in [2.05, 4.69) is 84.9 Å². The van der Waals surface area contributed by atoms with Gasteiger partial charge in [-0.3, -0.25) is 9.98 Å². The molecule has 3 nitrogen and oxygen atoms in total. The fourth-order valence-electron chi connectivity index (χ4n) is 6.39. The molecule has 1 heterocycles. The van der Waals surface area contributed by atoms with Gasteiger partial charge in [-0.1, -0.05) is 104 Å². The summed E-state index contributed by atoms with van der Waals surface area (Å²) >= 11 is 0. The molecule has 0 aliphatic heterocycles. The third kappa shape index (κ3) is 17.8. The molecular formula is C44H65Cl3CoN3. The van der Waals surface area contributed by atoms with Gasteiger partial charge in [-0.25, -0.2) is 4.98 Å². The maximum Gasteiger partial charge on any atom is 3.00 e. The van der Waals surface area contributed by atoms with Crippen LogP contribution in [0.5, 0.6) is 0 Å². The zero-order valence-corrected chi connectivity index (χ0v) is 36.0. The molecule has 0 radical (unpaired) electrons. The fraction of sp³-hybridized carbons (Fsp3) is 0.568. The maximum atomic E-state index is 5.20. The number of nitrogens with zero attached hydrogens (tertiary/aromatic N) is 3. The summed E-state index contributed by atoms with van der Waals surface area (Å²) in [6, 6.07) is 14.1. The van der Waals surface area contributed by atoms with Crippen LogP contribution in [-0.2, 0) is 55.3 Å². The molecular weight excluding hydrogens is 736 g/mol. The van der Waals surface area contributed by atoms with Gasteiger partial charge in [-0.15, -0.1) is 0 Å². The summed E-state index contributed by atoms with van der Waals surface area (Å²) < 4.78 is 0. The molecule has 2 aromatic carbocycles. The van der Waals surface area contributed by atoms with E-state index in [1.165, 1.54) is 127 Å². The minimum absolute atomic E-state index is 0. The predicted octanol–water partition coefficient (Wildman–Crippen LogP) is 3.96. The van der Waals surface area contributed by atoms with Gasteiger partial charge in [0.05, 0.1) is 35.2 Å². The Kier molecular flexibility index (Phi) is 30.0. The van der Waals surface area contributed by atoms with Gasteiger partial charge in [0, 0.05) is 0 Å². The van der Waals surface area contributed by atoms with Crippen molar-refractivity contribution in [2.75, 3.05) is 0 Å². The van der Waals surface area contributed by atoms with Crippen molar-refractivity contribution >= 4 is 23.8 Å². The van der Waals surface area contributed by atoms with Crippen LogP contribution in [-0.4, -0.2) is 17.4 Å². The second-order valence-corrected chi connectivity index (χ2v) is 13.7. The van der Waals surface area contributed by atoms with Crippen LogP contribution in [0, 0.1) is 6.92 Å². The van der Waals surface area contributed by atoms with Crippen LogP contribution in [0.15, 0.2) is 46.4 Å². The third-order valence-corrected chi connectivity index (χ3v) is 9.15. The summed E-state index contributed by atoms with van der Waals surface area (Å²) in [5, 5.41) is 0. The maximum absolute atomic E-state index is 5.20. The molecule has 1 aromatic heterocycles. The summed E-state index contributed by atoms with van der Waals surface area (Å²) in [4.78, 5) is 15.5. The van der Waals surface area contributed by atoms with Crippen LogP contribution < -0.4 is 37.2 Å². The molecule has 0 N–H and O–H groups in total. The van der Waals surface area contributed by atoms with Crippen molar-refractivity contribution < 1.29 is 54.0 Å². The van der Waals surface area contributed by atoms with Crippen LogP contribution in [0.4, 0.5) is 11.4 Å². The van der Waals surface area contributed by atoms with Crippen molar-refractivity contribution in [3.63, 3.8) is 0 Å². The molecule has 0 saturated carbocycles. The summed E-state index contributed by atoms with van der Waals surface area (Å²) in [6.45, 7) is 15.8. The molecule has 3 rings (SSSR count). The zero-order chi connectivity index (χ0) is 33.9. The summed E-state index contributed by atoms with van der Waals surface area (Å²) in [5.74, 6) is 0. The smallest absolute Gasteiger partial charge is 1.00 e. The van der Waals surface area contributed by atoms with Crippen molar-refractivity contribution in [3.8, 4) is 0 Å². The summed E-state index contributed by atoms with van der Waals surface area (Å²) in [6.07, 6.45) is 25.1. The largest absolute Gasteiger partial charge is 3.00 e. The number of pyridine rings is 1. The number of rotatable bonds is 22. The van der Waals surface area contributed by atoms with Gasteiger partial charge in [0.2, 0.25) is 0 Å². The van der Waals surface area contributed by atoms with E-state index in [4.69, 9.17) is 15.0 Å². The number of hydrogen-bond donors (Lipinski definition) is 0. The van der Waals surface area contributed by atoms with Crippen LogP contribution in [0.2, 0.25) is 0 Å². The number of benzene rings is 2. The second kappa shape index (κ2) is 29.7. The Labute approximate surface area is 341 Å². The van der Waals surface area contributed by atoms with E-state index in [0.717, 1.165) is 49.9 Å². The van der Waals surface area contributed by atoms with E-state index in [-0.39, 0.29) is 54.0 Å². The molecule has 286 valence electrons. The molecule has 51 heavy (non-hydrogen) atoms. The van der Waals surface area contributed by atoms with Crippen molar-refractivity contribution in [2.45, 2.75) is 164 Å². The standard InChI is InChI=1S/C44H65N3.3ClH.Co/c1-8-14-20-35-28-37(22-16-10-3)43(38(29-35)23-17-11-4)45-32-41-26-34(7)27-42(47-41)33-46-44-39(24-18-12-5)30-36(21-15-9-2)31-40(44)25-19-13-6;;;;/h26-33H,8-25H2,1-7H3;3*1H;/q;;;;+3/p-3. The number of hydrogen-bond acceptors (Lipinski definition) is 3. The van der Waals surface area contributed by atoms with Gasteiger partial charge in [0.15, 0.2) is 0 Å². The Morgan fingerprint density at radius 2 is 0.725 bits per heavy atom. The van der Waals surface area contributed by atoms with E-state index < -0.39 is 0 Å².